The van der Waals surface area contributed by atoms with E-state index in [4.69, 9.17) is 9.25 Å². The zero-order valence-electron chi connectivity index (χ0n) is 13.6. The summed E-state index contributed by atoms with van der Waals surface area (Å²) in [5.41, 5.74) is 3.55. The van der Waals surface area contributed by atoms with Crippen LogP contribution in [0.4, 0.5) is 0 Å². The zero-order valence-corrected chi connectivity index (χ0v) is 13.6. The Morgan fingerprint density at radius 2 is 1.92 bits per heavy atom. The SMILES string of the molecule is C=CCONC(=O)c1cc(CN2C(=O)c3ccccc3C2=O)c(C)o1. The number of aryl methyl sites for hydroxylation is 1. The Morgan fingerprint density at radius 1 is 1.28 bits per heavy atom. The van der Waals surface area contributed by atoms with Gasteiger partial charge in [0, 0.05) is 5.56 Å². The maximum Gasteiger partial charge on any atom is 0.310 e. The van der Waals surface area contributed by atoms with Gasteiger partial charge in [0.15, 0.2) is 5.76 Å². The lowest BCUT2D eigenvalue weighted by molar-refractivity contribution is 0.0395. The molecule has 1 N–H and O–H groups in total. The Bertz CT molecular complexity index is 833. The van der Waals surface area contributed by atoms with Gasteiger partial charge in [0.1, 0.15) is 5.76 Å². The van der Waals surface area contributed by atoms with Gasteiger partial charge in [0.05, 0.1) is 24.3 Å². The van der Waals surface area contributed by atoms with Crippen LogP contribution in [0.2, 0.25) is 0 Å². The molecule has 1 aromatic heterocycles. The Hall–Kier alpha value is -3.19. The molecule has 0 saturated carbocycles. The van der Waals surface area contributed by atoms with E-state index in [0.29, 0.717) is 22.5 Å². The monoisotopic (exact) mass is 340 g/mol. The molecule has 0 unspecified atom stereocenters. The molecule has 0 spiro atoms. The molecule has 25 heavy (non-hydrogen) atoms. The highest BCUT2D eigenvalue weighted by Gasteiger charge is 2.35. The maximum absolute atomic E-state index is 12.4. The minimum atomic E-state index is -0.557. The lowest BCUT2D eigenvalue weighted by atomic mass is 10.1. The Labute approximate surface area is 143 Å². The Balaban J connectivity index is 1.76. The molecule has 0 aliphatic carbocycles. The van der Waals surface area contributed by atoms with Gasteiger partial charge >= 0.3 is 5.91 Å². The number of nitrogens with one attached hydrogen (secondary N) is 1. The molecular weight excluding hydrogens is 324 g/mol. The van der Waals surface area contributed by atoms with Crippen LogP contribution < -0.4 is 5.48 Å². The van der Waals surface area contributed by atoms with Gasteiger partial charge < -0.3 is 4.42 Å². The molecule has 7 heteroatoms. The van der Waals surface area contributed by atoms with Crippen molar-refractivity contribution in [3.05, 3.63) is 71.2 Å². The summed E-state index contributed by atoms with van der Waals surface area (Å²) in [7, 11) is 0. The molecular formula is C18H16N2O5. The van der Waals surface area contributed by atoms with Crippen molar-refractivity contribution >= 4 is 17.7 Å². The summed E-state index contributed by atoms with van der Waals surface area (Å²) in [6, 6.07) is 8.15. The van der Waals surface area contributed by atoms with Crippen molar-refractivity contribution in [1.82, 2.24) is 10.4 Å². The first kappa shape index (κ1) is 16.7. The van der Waals surface area contributed by atoms with E-state index in [2.05, 4.69) is 12.1 Å². The molecule has 0 bridgehead atoms. The van der Waals surface area contributed by atoms with Gasteiger partial charge in [-0.1, -0.05) is 18.2 Å². The van der Waals surface area contributed by atoms with Crippen molar-refractivity contribution in [2.24, 2.45) is 0 Å². The van der Waals surface area contributed by atoms with E-state index in [1.165, 1.54) is 12.1 Å². The van der Waals surface area contributed by atoms with Crippen LogP contribution in [-0.4, -0.2) is 29.2 Å². The number of furan rings is 1. The largest absolute Gasteiger partial charge is 0.456 e. The number of hydrogen-bond donors (Lipinski definition) is 1. The Kier molecular flexibility index (Phi) is 4.49. The highest BCUT2D eigenvalue weighted by Crippen LogP contribution is 2.26. The number of rotatable bonds is 6. The van der Waals surface area contributed by atoms with Gasteiger partial charge in [-0.05, 0) is 25.1 Å². The van der Waals surface area contributed by atoms with Crippen molar-refractivity contribution in [1.29, 1.82) is 0 Å². The summed E-state index contributed by atoms with van der Waals surface area (Å²) >= 11 is 0. The minimum absolute atomic E-state index is 0.0302. The second-order valence-corrected chi connectivity index (χ2v) is 5.46. The van der Waals surface area contributed by atoms with E-state index >= 15 is 0 Å². The quantitative estimate of drug-likeness (QED) is 0.377. The molecule has 3 amide bonds. The molecule has 1 aromatic carbocycles. The first-order valence-corrected chi connectivity index (χ1v) is 7.60. The fraction of sp³-hybridized carbons (Fsp3) is 0.167. The second kappa shape index (κ2) is 6.74. The molecule has 1 aliphatic heterocycles. The third kappa shape index (κ3) is 3.09. The number of amides is 3. The van der Waals surface area contributed by atoms with Crippen molar-refractivity contribution in [2.75, 3.05) is 6.61 Å². The van der Waals surface area contributed by atoms with Crippen molar-refractivity contribution in [3.8, 4) is 0 Å². The first-order valence-electron chi connectivity index (χ1n) is 7.60. The molecule has 0 radical (unpaired) electrons. The number of nitrogens with zero attached hydrogens (tertiary/aromatic N) is 1. The van der Waals surface area contributed by atoms with E-state index in [1.54, 1.807) is 31.2 Å². The highest BCUT2D eigenvalue weighted by atomic mass is 16.7. The normalized spacial score (nSPS) is 13.1. The third-order valence-corrected chi connectivity index (χ3v) is 3.82. The van der Waals surface area contributed by atoms with Gasteiger partial charge in [-0.3, -0.25) is 24.1 Å². The summed E-state index contributed by atoms with van der Waals surface area (Å²) < 4.78 is 5.40. The van der Waals surface area contributed by atoms with Crippen LogP contribution >= 0.6 is 0 Å². The van der Waals surface area contributed by atoms with Crippen molar-refractivity contribution in [2.45, 2.75) is 13.5 Å². The number of imide groups is 1. The fourth-order valence-electron chi connectivity index (χ4n) is 2.56. The second-order valence-electron chi connectivity index (χ2n) is 5.46. The topological polar surface area (TPSA) is 88.9 Å². The van der Waals surface area contributed by atoms with Gasteiger partial charge in [0.25, 0.3) is 11.8 Å². The predicted molar refractivity (Wildman–Crippen MR) is 87.7 cm³/mol. The number of benzene rings is 1. The predicted octanol–water partition coefficient (Wildman–Crippen LogP) is 2.23. The number of carbonyl (C=O) groups is 3. The summed E-state index contributed by atoms with van der Waals surface area (Å²) in [5.74, 6) is -0.791. The molecule has 0 atom stereocenters. The van der Waals surface area contributed by atoms with E-state index in [-0.39, 0.29) is 30.7 Å². The van der Waals surface area contributed by atoms with Gasteiger partial charge in [-0.15, -0.1) is 6.58 Å². The van der Waals surface area contributed by atoms with Crippen LogP contribution in [0.25, 0.3) is 0 Å². The van der Waals surface area contributed by atoms with Crippen LogP contribution in [0.5, 0.6) is 0 Å². The lowest BCUT2D eigenvalue weighted by Crippen LogP contribution is -2.29. The van der Waals surface area contributed by atoms with E-state index in [0.717, 1.165) is 4.90 Å². The summed E-state index contributed by atoms with van der Waals surface area (Å²) in [6.45, 7) is 5.32. The van der Waals surface area contributed by atoms with Crippen molar-refractivity contribution < 1.29 is 23.6 Å². The molecule has 0 fully saturated rings. The van der Waals surface area contributed by atoms with Crippen molar-refractivity contribution in [3.63, 3.8) is 0 Å². The maximum atomic E-state index is 12.4. The molecule has 0 saturated heterocycles. The van der Waals surface area contributed by atoms with E-state index in [9.17, 15) is 14.4 Å². The molecule has 7 nitrogen and oxygen atoms in total. The molecule has 3 rings (SSSR count). The number of hydroxylamine groups is 1. The smallest absolute Gasteiger partial charge is 0.310 e. The van der Waals surface area contributed by atoms with E-state index < -0.39 is 5.91 Å². The molecule has 2 heterocycles. The minimum Gasteiger partial charge on any atom is -0.456 e. The lowest BCUT2D eigenvalue weighted by Gasteiger charge is -2.12. The third-order valence-electron chi connectivity index (χ3n) is 3.82. The average Bonchev–Trinajstić information content (AvgIpc) is 3.09. The van der Waals surface area contributed by atoms with Crippen LogP contribution in [0.15, 0.2) is 47.4 Å². The highest BCUT2D eigenvalue weighted by molar-refractivity contribution is 6.21. The standard InChI is InChI=1S/C18H16N2O5/c1-3-8-24-19-16(21)15-9-12(11(2)25-15)10-20-17(22)13-6-4-5-7-14(13)18(20)23/h3-7,9H,1,8,10H2,2H3,(H,19,21). The Morgan fingerprint density at radius 3 is 2.52 bits per heavy atom. The molecule has 1 aliphatic rings. The van der Waals surface area contributed by atoms with Gasteiger partial charge in [-0.2, -0.15) is 0 Å². The van der Waals surface area contributed by atoms with Crippen LogP contribution in [0.3, 0.4) is 0 Å². The number of carbonyl (C=O) groups excluding carboxylic acids is 3. The molecule has 128 valence electrons. The summed E-state index contributed by atoms with van der Waals surface area (Å²) in [4.78, 5) is 42.7. The van der Waals surface area contributed by atoms with Crippen LogP contribution in [0.1, 0.15) is 42.6 Å². The summed E-state index contributed by atoms with van der Waals surface area (Å²) in [5, 5.41) is 0. The fourth-order valence-corrected chi connectivity index (χ4v) is 2.56. The van der Waals surface area contributed by atoms with Gasteiger partial charge in [-0.25, -0.2) is 5.48 Å². The number of hydrogen-bond acceptors (Lipinski definition) is 5. The number of fused-ring (bicyclic) bond motifs is 1. The first-order chi connectivity index (χ1) is 12.0. The summed E-state index contributed by atoms with van der Waals surface area (Å²) in [6.07, 6.45) is 1.49. The molecule has 2 aromatic rings. The van der Waals surface area contributed by atoms with Crippen LogP contribution in [-0.2, 0) is 11.4 Å². The zero-order chi connectivity index (χ0) is 18.0. The average molecular weight is 340 g/mol. The van der Waals surface area contributed by atoms with Crippen LogP contribution in [0, 0.1) is 6.92 Å². The van der Waals surface area contributed by atoms with E-state index in [1.807, 2.05) is 0 Å². The van der Waals surface area contributed by atoms with Gasteiger partial charge in [0.2, 0.25) is 0 Å².